The van der Waals surface area contributed by atoms with Crippen LogP contribution in [0.15, 0.2) is 152 Å². The summed E-state index contributed by atoms with van der Waals surface area (Å²) >= 11 is 0. The van der Waals surface area contributed by atoms with Gasteiger partial charge in [0.1, 0.15) is 0 Å². The van der Waals surface area contributed by atoms with E-state index in [1.807, 2.05) is 36.4 Å². The van der Waals surface area contributed by atoms with Gasteiger partial charge in [-0.3, -0.25) is 0 Å². The lowest BCUT2D eigenvalue weighted by Gasteiger charge is -2.21. The number of fused-ring (bicyclic) bond motifs is 6. The predicted octanol–water partition coefficient (Wildman–Crippen LogP) is 16.0. The van der Waals surface area contributed by atoms with Crippen molar-refractivity contribution in [2.45, 2.75) is 40.8 Å². The maximum absolute atomic E-state index is 14.4. The third kappa shape index (κ3) is 6.28. The zero-order chi connectivity index (χ0) is 42.3. The van der Waals surface area contributed by atoms with Crippen molar-refractivity contribution in [2.24, 2.45) is 0 Å². The van der Waals surface area contributed by atoms with E-state index >= 15 is 0 Å². The Hall–Kier alpha value is -7.36. The zero-order valence-electron chi connectivity index (χ0n) is 34.4. The minimum atomic E-state index is -4.56. The molecule has 3 nitrogen and oxygen atoms in total. The quantitative estimate of drug-likeness (QED) is 0.154. The first-order chi connectivity index (χ1) is 29.4. The van der Waals surface area contributed by atoms with Gasteiger partial charge >= 0.3 is 6.18 Å². The third-order valence-corrected chi connectivity index (χ3v) is 12.1. The molecule has 0 aliphatic heterocycles. The van der Waals surface area contributed by atoms with Gasteiger partial charge in [0.25, 0.3) is 0 Å². The lowest BCUT2D eigenvalue weighted by atomic mass is 9.96. The van der Waals surface area contributed by atoms with E-state index in [1.165, 1.54) is 22.8 Å². The van der Waals surface area contributed by atoms with Crippen molar-refractivity contribution in [1.29, 1.82) is 0 Å². The second-order valence-electron chi connectivity index (χ2n) is 16.4. The Bertz CT molecular complexity index is 3480. The summed E-state index contributed by atoms with van der Waals surface area (Å²) in [6.45, 7) is 18.7. The summed E-state index contributed by atoms with van der Waals surface area (Å²) in [4.78, 5) is 4.05. The van der Waals surface area contributed by atoms with Crippen LogP contribution < -0.4 is 0 Å². The van der Waals surface area contributed by atoms with Crippen LogP contribution in [-0.4, -0.2) is 9.13 Å². The first-order valence-electron chi connectivity index (χ1n) is 20.3. The van der Waals surface area contributed by atoms with Crippen molar-refractivity contribution in [1.82, 2.24) is 9.13 Å². The highest BCUT2D eigenvalue weighted by Gasteiger charge is 2.31. The molecule has 0 amide bonds. The highest BCUT2D eigenvalue weighted by Crippen LogP contribution is 2.45. The SMILES string of the molecule is [C-]#[N+]c1cc(-n2c3ccccc3c3ccc(-c4ccc(C)cc4C)cc32)c(-n2c3ccccc3c3ccc(-c4ccc(C)cc4C)cc32)cc1-c1cc(C)cc(C(F)(F)F)c1. The molecule has 0 aliphatic carbocycles. The van der Waals surface area contributed by atoms with E-state index in [4.69, 9.17) is 6.57 Å². The number of halogens is 3. The molecule has 0 saturated carbocycles. The van der Waals surface area contributed by atoms with Gasteiger partial charge in [0.05, 0.1) is 45.6 Å². The number of benzene rings is 8. The standard InChI is InChI=1S/C55H40F3N3/c1-32-15-19-41(35(4)23-32)37-17-21-45-43-11-7-9-13-49(43)60(51(45)28-37)53-30-47(39-25-34(3)26-40(27-39)55(56,57)58)48(59-6)31-54(53)61-50-14-10-8-12-44(50)46-22-18-38(29-52(46)61)42-20-16-33(2)24-36(42)5/h7-31H,1-5H3. The van der Waals surface area contributed by atoms with Gasteiger partial charge in [0.15, 0.2) is 5.69 Å². The van der Waals surface area contributed by atoms with Crippen LogP contribution in [0.2, 0.25) is 0 Å². The Morgan fingerprint density at radius 3 is 1.41 bits per heavy atom. The lowest BCUT2D eigenvalue weighted by molar-refractivity contribution is -0.137. The molecule has 0 aliphatic rings. The fourth-order valence-corrected chi connectivity index (χ4v) is 9.42. The van der Waals surface area contributed by atoms with Crippen LogP contribution in [0.5, 0.6) is 0 Å². The van der Waals surface area contributed by atoms with Gasteiger partial charge in [-0.25, -0.2) is 4.85 Å². The fraction of sp³-hybridized carbons (Fsp3) is 0.109. The molecular weight excluding hydrogens is 760 g/mol. The molecular formula is C55H40F3N3. The number of alkyl halides is 3. The Labute approximate surface area is 352 Å². The number of hydrogen-bond donors (Lipinski definition) is 0. The van der Waals surface area contributed by atoms with Crippen LogP contribution >= 0.6 is 0 Å². The summed E-state index contributed by atoms with van der Waals surface area (Å²) in [5.41, 5.74) is 15.1. The van der Waals surface area contributed by atoms with Crippen molar-refractivity contribution in [2.75, 3.05) is 0 Å². The molecule has 2 aromatic heterocycles. The molecule has 0 radical (unpaired) electrons. The van der Waals surface area contributed by atoms with Gasteiger partial charge in [-0.1, -0.05) is 114 Å². The molecule has 0 fully saturated rings. The Morgan fingerprint density at radius 1 is 0.426 bits per heavy atom. The van der Waals surface area contributed by atoms with Crippen LogP contribution in [0.1, 0.15) is 33.4 Å². The van der Waals surface area contributed by atoms with E-state index in [-0.39, 0.29) is 5.69 Å². The average Bonchev–Trinajstić information content (AvgIpc) is 3.74. The molecule has 0 unspecified atom stereocenters. The summed E-state index contributed by atoms with van der Waals surface area (Å²) in [5, 5.41) is 4.19. The van der Waals surface area contributed by atoms with E-state index < -0.39 is 11.7 Å². The first kappa shape index (κ1) is 37.9. The second-order valence-corrected chi connectivity index (χ2v) is 16.4. The van der Waals surface area contributed by atoms with Crippen molar-refractivity contribution >= 4 is 49.3 Å². The average molecular weight is 800 g/mol. The Morgan fingerprint density at radius 2 is 0.918 bits per heavy atom. The maximum atomic E-state index is 14.4. The smallest absolute Gasteiger partial charge is 0.308 e. The second kappa shape index (κ2) is 14.1. The van der Waals surface area contributed by atoms with Crippen molar-refractivity contribution in [3.63, 3.8) is 0 Å². The molecule has 6 heteroatoms. The monoisotopic (exact) mass is 799 g/mol. The number of hydrogen-bond acceptors (Lipinski definition) is 0. The summed E-state index contributed by atoms with van der Waals surface area (Å²) in [6, 6.07) is 50.5. The molecule has 10 aromatic rings. The third-order valence-electron chi connectivity index (χ3n) is 12.1. The number of rotatable bonds is 5. The number of aryl methyl sites for hydroxylation is 5. The van der Waals surface area contributed by atoms with Gasteiger partial charge in [0, 0.05) is 21.5 Å². The maximum Gasteiger partial charge on any atom is 0.416 e. The molecule has 0 spiro atoms. The highest BCUT2D eigenvalue weighted by atomic mass is 19.4. The van der Waals surface area contributed by atoms with Gasteiger partial charge in [-0.15, -0.1) is 0 Å². The lowest BCUT2D eigenvalue weighted by Crippen LogP contribution is -2.06. The molecule has 296 valence electrons. The molecule has 8 aromatic carbocycles. The van der Waals surface area contributed by atoms with E-state index in [0.717, 1.165) is 88.9 Å². The zero-order valence-corrected chi connectivity index (χ0v) is 34.4. The van der Waals surface area contributed by atoms with Gasteiger partial charge in [0.2, 0.25) is 0 Å². The summed E-state index contributed by atoms with van der Waals surface area (Å²) in [7, 11) is 0. The summed E-state index contributed by atoms with van der Waals surface area (Å²) in [5.74, 6) is 0. The Balaban J connectivity index is 1.36. The first-order valence-corrected chi connectivity index (χ1v) is 20.3. The van der Waals surface area contributed by atoms with E-state index in [1.54, 1.807) is 13.0 Å². The normalized spacial score (nSPS) is 11.9. The van der Waals surface area contributed by atoms with E-state index in [9.17, 15) is 13.2 Å². The van der Waals surface area contributed by atoms with Crippen LogP contribution in [0.25, 0.3) is 93.2 Å². The number of para-hydroxylation sites is 2. The van der Waals surface area contributed by atoms with E-state index in [2.05, 4.69) is 139 Å². The van der Waals surface area contributed by atoms with Crippen LogP contribution in [0.4, 0.5) is 18.9 Å². The van der Waals surface area contributed by atoms with Crippen LogP contribution in [0, 0.1) is 41.2 Å². The summed E-state index contributed by atoms with van der Waals surface area (Å²) < 4.78 is 47.7. The van der Waals surface area contributed by atoms with Crippen LogP contribution in [-0.2, 0) is 6.18 Å². The number of nitrogens with zero attached hydrogens (tertiary/aromatic N) is 3. The minimum Gasteiger partial charge on any atom is -0.308 e. The fourth-order valence-electron chi connectivity index (χ4n) is 9.42. The molecule has 0 bridgehead atoms. The molecule has 10 rings (SSSR count). The van der Waals surface area contributed by atoms with Gasteiger partial charge in [-0.05, 0) is 133 Å². The van der Waals surface area contributed by atoms with Crippen LogP contribution in [0.3, 0.4) is 0 Å². The largest absolute Gasteiger partial charge is 0.416 e. The van der Waals surface area contributed by atoms with Gasteiger partial charge < -0.3 is 9.13 Å². The molecule has 0 saturated heterocycles. The molecule has 2 heterocycles. The molecule has 0 N–H and O–H groups in total. The van der Waals surface area contributed by atoms with Crippen molar-refractivity contribution < 1.29 is 13.2 Å². The predicted molar refractivity (Wildman–Crippen MR) is 246 cm³/mol. The molecule has 0 atom stereocenters. The minimum absolute atomic E-state index is 0.255. The highest BCUT2D eigenvalue weighted by molar-refractivity contribution is 6.13. The van der Waals surface area contributed by atoms with Crippen molar-refractivity contribution in [3.05, 3.63) is 196 Å². The van der Waals surface area contributed by atoms with E-state index in [0.29, 0.717) is 16.7 Å². The Kier molecular flexibility index (Phi) is 8.78. The van der Waals surface area contributed by atoms with Crippen molar-refractivity contribution in [3.8, 4) is 44.8 Å². The summed E-state index contributed by atoms with van der Waals surface area (Å²) in [6.07, 6.45) is -4.56. The topological polar surface area (TPSA) is 14.2 Å². The number of aromatic nitrogens is 2. The van der Waals surface area contributed by atoms with Gasteiger partial charge in [-0.2, -0.15) is 13.2 Å². The molecule has 61 heavy (non-hydrogen) atoms.